The molecule has 0 bridgehead atoms. The highest BCUT2D eigenvalue weighted by Crippen LogP contribution is 2.29. The molecule has 0 fully saturated rings. The van der Waals surface area contributed by atoms with E-state index in [-0.39, 0.29) is 5.75 Å². The monoisotopic (exact) mass is 311 g/mol. The van der Waals surface area contributed by atoms with E-state index in [1.165, 1.54) is 7.11 Å². The van der Waals surface area contributed by atoms with Gasteiger partial charge in [0.15, 0.2) is 0 Å². The van der Waals surface area contributed by atoms with Gasteiger partial charge in [-0.1, -0.05) is 6.92 Å². The lowest BCUT2D eigenvalue weighted by molar-refractivity contribution is 0.0600. The highest BCUT2D eigenvalue weighted by molar-refractivity contribution is 7.92. The second kappa shape index (κ2) is 5.77. The number of anilines is 1. The molecule has 0 aliphatic carbocycles. The number of hydrogen-bond donors (Lipinski definition) is 1. The summed E-state index contributed by atoms with van der Waals surface area (Å²) in [6.45, 7) is 3.42. The van der Waals surface area contributed by atoms with Crippen LogP contribution in [0.15, 0.2) is 22.6 Å². The van der Waals surface area contributed by atoms with E-state index in [0.717, 1.165) is 0 Å². The number of furan rings is 1. The standard InChI is InChI=1S/C14H17NO5S/c1-4-11-13(14(16)19-3)10-8-9(6-7-12(10)20-11)15-21(17,18)5-2/h6-8,15H,4-5H2,1-3H3. The van der Waals surface area contributed by atoms with E-state index in [0.29, 0.717) is 34.4 Å². The lowest BCUT2D eigenvalue weighted by Crippen LogP contribution is -2.14. The number of benzene rings is 1. The minimum atomic E-state index is -3.38. The van der Waals surface area contributed by atoms with Crippen molar-refractivity contribution in [3.8, 4) is 0 Å². The Morgan fingerprint density at radius 2 is 2.05 bits per heavy atom. The van der Waals surface area contributed by atoms with Gasteiger partial charge in [-0.25, -0.2) is 13.2 Å². The van der Waals surface area contributed by atoms with Gasteiger partial charge in [0.1, 0.15) is 16.9 Å². The van der Waals surface area contributed by atoms with Gasteiger partial charge >= 0.3 is 5.97 Å². The molecule has 114 valence electrons. The molecule has 1 N–H and O–H groups in total. The van der Waals surface area contributed by atoms with Crippen molar-refractivity contribution < 1.29 is 22.4 Å². The Bertz CT molecular complexity index is 776. The summed E-state index contributed by atoms with van der Waals surface area (Å²) in [6.07, 6.45) is 0.537. The summed E-state index contributed by atoms with van der Waals surface area (Å²) in [5, 5.41) is 0.537. The molecular formula is C14H17NO5S. The molecule has 2 rings (SSSR count). The van der Waals surface area contributed by atoms with Crippen molar-refractivity contribution in [2.45, 2.75) is 20.3 Å². The molecule has 0 spiro atoms. The number of methoxy groups -OCH3 is 1. The third-order valence-corrected chi connectivity index (χ3v) is 4.43. The Labute approximate surface area is 123 Å². The van der Waals surface area contributed by atoms with Crippen LogP contribution >= 0.6 is 0 Å². The van der Waals surface area contributed by atoms with Crippen LogP contribution in [0.4, 0.5) is 5.69 Å². The number of ether oxygens (including phenoxy) is 1. The number of esters is 1. The molecule has 0 radical (unpaired) electrons. The van der Waals surface area contributed by atoms with E-state index < -0.39 is 16.0 Å². The van der Waals surface area contributed by atoms with Crippen LogP contribution in [-0.2, 0) is 21.2 Å². The van der Waals surface area contributed by atoms with E-state index in [4.69, 9.17) is 9.15 Å². The van der Waals surface area contributed by atoms with Gasteiger partial charge in [-0.15, -0.1) is 0 Å². The number of aryl methyl sites for hydroxylation is 1. The second-order valence-corrected chi connectivity index (χ2v) is 6.47. The predicted octanol–water partition coefficient (Wildman–Crippen LogP) is 2.54. The zero-order chi connectivity index (χ0) is 15.6. The Hall–Kier alpha value is -2.02. The first-order valence-electron chi connectivity index (χ1n) is 6.56. The fourth-order valence-electron chi connectivity index (χ4n) is 2.04. The molecule has 1 aromatic heterocycles. The Balaban J connectivity index is 2.58. The molecule has 0 aliphatic rings. The molecule has 0 aliphatic heterocycles. The average molecular weight is 311 g/mol. The third kappa shape index (κ3) is 3.02. The van der Waals surface area contributed by atoms with Gasteiger partial charge in [0.05, 0.1) is 12.9 Å². The molecule has 1 aromatic carbocycles. The summed E-state index contributed by atoms with van der Waals surface area (Å²) in [5.74, 6) is -0.00558. The molecule has 0 unspecified atom stereocenters. The van der Waals surface area contributed by atoms with Crippen LogP contribution in [0.1, 0.15) is 30.0 Å². The average Bonchev–Trinajstić information content (AvgIpc) is 2.83. The topological polar surface area (TPSA) is 85.6 Å². The highest BCUT2D eigenvalue weighted by atomic mass is 32.2. The maximum absolute atomic E-state index is 11.9. The first-order chi connectivity index (χ1) is 9.91. The van der Waals surface area contributed by atoms with Crippen molar-refractivity contribution in [3.05, 3.63) is 29.5 Å². The largest absolute Gasteiger partial charge is 0.465 e. The van der Waals surface area contributed by atoms with Crippen LogP contribution < -0.4 is 4.72 Å². The smallest absolute Gasteiger partial charge is 0.342 e. The van der Waals surface area contributed by atoms with Crippen LogP contribution in [0.2, 0.25) is 0 Å². The summed E-state index contributed by atoms with van der Waals surface area (Å²) >= 11 is 0. The van der Waals surface area contributed by atoms with E-state index in [1.807, 2.05) is 6.92 Å². The lowest BCUT2D eigenvalue weighted by atomic mass is 10.1. The lowest BCUT2D eigenvalue weighted by Gasteiger charge is -2.05. The molecule has 6 nitrogen and oxygen atoms in total. The molecule has 2 aromatic rings. The van der Waals surface area contributed by atoms with Gasteiger partial charge in [0.25, 0.3) is 0 Å². The van der Waals surface area contributed by atoms with Crippen LogP contribution in [0.5, 0.6) is 0 Å². The quantitative estimate of drug-likeness (QED) is 0.858. The van der Waals surface area contributed by atoms with E-state index in [9.17, 15) is 13.2 Å². The molecule has 7 heteroatoms. The maximum Gasteiger partial charge on any atom is 0.342 e. The van der Waals surface area contributed by atoms with Gasteiger partial charge < -0.3 is 9.15 Å². The van der Waals surface area contributed by atoms with Crippen molar-refractivity contribution in [1.29, 1.82) is 0 Å². The van der Waals surface area contributed by atoms with Gasteiger partial charge in [-0.3, -0.25) is 4.72 Å². The van der Waals surface area contributed by atoms with Crippen LogP contribution in [-0.4, -0.2) is 27.2 Å². The molecule has 0 atom stereocenters. The number of rotatable bonds is 5. The van der Waals surface area contributed by atoms with E-state index >= 15 is 0 Å². The number of hydrogen-bond acceptors (Lipinski definition) is 5. The number of carbonyl (C=O) groups is 1. The number of carbonyl (C=O) groups excluding carboxylic acids is 1. The summed E-state index contributed by atoms with van der Waals surface area (Å²) in [5.41, 5.74) is 1.25. The highest BCUT2D eigenvalue weighted by Gasteiger charge is 2.21. The van der Waals surface area contributed by atoms with E-state index in [1.54, 1.807) is 25.1 Å². The summed E-state index contributed by atoms with van der Waals surface area (Å²) in [6, 6.07) is 4.81. The third-order valence-electron chi connectivity index (χ3n) is 3.12. The Morgan fingerprint density at radius 3 is 2.62 bits per heavy atom. The van der Waals surface area contributed by atoms with Gasteiger partial charge in [0.2, 0.25) is 10.0 Å². The van der Waals surface area contributed by atoms with Gasteiger partial charge in [0, 0.05) is 17.5 Å². The Morgan fingerprint density at radius 1 is 1.33 bits per heavy atom. The molecular weight excluding hydrogens is 294 g/mol. The number of nitrogens with one attached hydrogen (secondary N) is 1. The first-order valence-corrected chi connectivity index (χ1v) is 8.21. The number of sulfonamides is 1. The van der Waals surface area contributed by atoms with Crippen LogP contribution in [0.3, 0.4) is 0 Å². The van der Waals surface area contributed by atoms with Gasteiger partial charge in [-0.2, -0.15) is 0 Å². The van der Waals surface area contributed by atoms with Crippen molar-refractivity contribution in [2.24, 2.45) is 0 Å². The van der Waals surface area contributed by atoms with Crippen molar-refractivity contribution in [3.63, 3.8) is 0 Å². The molecule has 0 saturated heterocycles. The second-order valence-electron chi connectivity index (χ2n) is 4.46. The minimum Gasteiger partial charge on any atom is -0.465 e. The molecule has 0 amide bonds. The molecule has 1 heterocycles. The zero-order valence-corrected chi connectivity index (χ0v) is 12.9. The Kier molecular flexibility index (Phi) is 4.22. The van der Waals surface area contributed by atoms with Crippen molar-refractivity contribution in [2.75, 3.05) is 17.6 Å². The van der Waals surface area contributed by atoms with E-state index in [2.05, 4.69) is 4.72 Å². The van der Waals surface area contributed by atoms with Gasteiger partial charge in [-0.05, 0) is 25.1 Å². The number of fused-ring (bicyclic) bond motifs is 1. The van der Waals surface area contributed by atoms with Crippen molar-refractivity contribution >= 4 is 32.6 Å². The predicted molar refractivity (Wildman–Crippen MR) is 80.0 cm³/mol. The summed E-state index contributed by atoms with van der Waals surface area (Å²) in [4.78, 5) is 11.9. The van der Waals surface area contributed by atoms with Crippen LogP contribution in [0.25, 0.3) is 11.0 Å². The fraction of sp³-hybridized carbons (Fsp3) is 0.357. The SMILES string of the molecule is CCc1oc2ccc(NS(=O)(=O)CC)cc2c1C(=O)OC. The minimum absolute atomic E-state index is 0.0273. The van der Waals surface area contributed by atoms with Crippen molar-refractivity contribution in [1.82, 2.24) is 0 Å². The zero-order valence-electron chi connectivity index (χ0n) is 12.1. The normalized spacial score (nSPS) is 11.6. The van der Waals surface area contributed by atoms with Crippen LogP contribution in [0, 0.1) is 0 Å². The molecule has 21 heavy (non-hydrogen) atoms. The summed E-state index contributed by atoms with van der Waals surface area (Å²) < 4.78 is 36.1. The first kappa shape index (κ1) is 15.4. The fourth-order valence-corrected chi connectivity index (χ4v) is 2.67. The maximum atomic E-state index is 11.9. The molecule has 0 saturated carbocycles. The summed E-state index contributed by atoms with van der Waals surface area (Å²) in [7, 11) is -2.08.